The Balaban J connectivity index is 1.89. The molecule has 4 rings (SSSR count). The van der Waals surface area contributed by atoms with Crippen LogP contribution in [0, 0.1) is 0 Å². The van der Waals surface area contributed by atoms with Crippen LogP contribution < -0.4 is 5.32 Å². The van der Waals surface area contributed by atoms with E-state index in [9.17, 15) is 4.79 Å². The molecule has 0 fully saturated rings. The van der Waals surface area contributed by atoms with Crippen molar-refractivity contribution in [3.05, 3.63) is 40.5 Å². The summed E-state index contributed by atoms with van der Waals surface area (Å²) in [5.74, 6) is 1.22. The standard InChI is InChI=1S/C13H10N4O2S/c18-10-4-7(9-5-14-6-20-9)11-12(8-2-1-3-19-8)16-17-13(11)15-10/h1-3,5-7H,4H2,(H2,15,16,17,18). The molecule has 0 saturated carbocycles. The first-order valence-electron chi connectivity index (χ1n) is 6.13. The van der Waals surface area contributed by atoms with E-state index in [1.54, 1.807) is 29.3 Å². The number of H-pyrrole nitrogens is 1. The number of aromatic amines is 1. The largest absolute Gasteiger partial charge is 0.463 e. The molecule has 1 aliphatic rings. The molecule has 0 saturated heterocycles. The molecule has 0 bridgehead atoms. The summed E-state index contributed by atoms with van der Waals surface area (Å²) in [6.45, 7) is 0. The molecule has 3 aromatic rings. The zero-order chi connectivity index (χ0) is 13.5. The maximum absolute atomic E-state index is 11.8. The van der Waals surface area contributed by atoms with Gasteiger partial charge in [0.05, 0.1) is 11.8 Å². The Morgan fingerprint density at radius 3 is 3.15 bits per heavy atom. The Morgan fingerprint density at radius 1 is 1.45 bits per heavy atom. The number of aromatic nitrogens is 3. The quantitative estimate of drug-likeness (QED) is 0.758. The van der Waals surface area contributed by atoms with Gasteiger partial charge in [-0.3, -0.25) is 14.9 Å². The SMILES string of the molecule is O=C1CC(c2cncs2)c2c(n[nH]c2-c2ccco2)N1. The zero-order valence-corrected chi connectivity index (χ0v) is 11.1. The van der Waals surface area contributed by atoms with Crippen molar-refractivity contribution in [3.8, 4) is 11.5 Å². The lowest BCUT2D eigenvalue weighted by Gasteiger charge is -2.21. The molecule has 2 N–H and O–H groups in total. The van der Waals surface area contributed by atoms with Crippen molar-refractivity contribution in [1.29, 1.82) is 0 Å². The number of hydrogen-bond donors (Lipinski definition) is 2. The van der Waals surface area contributed by atoms with Crippen LogP contribution in [0.4, 0.5) is 5.82 Å². The fourth-order valence-electron chi connectivity index (χ4n) is 2.50. The maximum Gasteiger partial charge on any atom is 0.226 e. The van der Waals surface area contributed by atoms with Crippen LogP contribution >= 0.6 is 11.3 Å². The first kappa shape index (κ1) is 11.4. The number of fused-ring (bicyclic) bond motifs is 1. The zero-order valence-electron chi connectivity index (χ0n) is 10.3. The molecule has 1 atom stereocenters. The average molecular weight is 286 g/mol. The Bertz CT molecular complexity index is 746. The molecule has 6 nitrogen and oxygen atoms in total. The second-order valence-corrected chi connectivity index (χ2v) is 5.46. The second-order valence-electron chi connectivity index (χ2n) is 4.55. The molecule has 0 aliphatic carbocycles. The van der Waals surface area contributed by atoms with Crippen LogP contribution in [0.15, 0.2) is 34.5 Å². The fourth-order valence-corrected chi connectivity index (χ4v) is 3.24. The van der Waals surface area contributed by atoms with E-state index in [1.807, 2.05) is 12.1 Å². The monoisotopic (exact) mass is 286 g/mol. The maximum atomic E-state index is 11.8. The lowest BCUT2D eigenvalue weighted by atomic mass is 9.90. The van der Waals surface area contributed by atoms with Gasteiger partial charge in [0.1, 0.15) is 5.69 Å². The van der Waals surface area contributed by atoms with Crippen molar-refractivity contribution < 1.29 is 9.21 Å². The van der Waals surface area contributed by atoms with Gasteiger partial charge in [-0.25, -0.2) is 0 Å². The van der Waals surface area contributed by atoms with Crippen LogP contribution in [0.1, 0.15) is 22.8 Å². The van der Waals surface area contributed by atoms with Gasteiger partial charge in [-0.1, -0.05) is 0 Å². The number of rotatable bonds is 2. The van der Waals surface area contributed by atoms with Gasteiger partial charge in [-0.05, 0) is 12.1 Å². The molecule has 1 aliphatic heterocycles. The molecular weight excluding hydrogens is 276 g/mol. The number of hydrogen-bond acceptors (Lipinski definition) is 5. The highest BCUT2D eigenvalue weighted by atomic mass is 32.1. The van der Waals surface area contributed by atoms with Crippen LogP contribution in [0.2, 0.25) is 0 Å². The molecule has 0 aromatic carbocycles. The Labute approximate surface area is 117 Å². The molecule has 1 unspecified atom stereocenters. The fraction of sp³-hybridized carbons (Fsp3) is 0.154. The molecule has 20 heavy (non-hydrogen) atoms. The predicted molar refractivity (Wildman–Crippen MR) is 73.5 cm³/mol. The van der Waals surface area contributed by atoms with Crippen LogP contribution in [0.25, 0.3) is 11.5 Å². The summed E-state index contributed by atoms with van der Waals surface area (Å²) in [5.41, 5.74) is 3.54. The van der Waals surface area contributed by atoms with E-state index in [4.69, 9.17) is 4.42 Å². The van der Waals surface area contributed by atoms with Gasteiger partial charge in [-0.2, -0.15) is 5.10 Å². The summed E-state index contributed by atoms with van der Waals surface area (Å²) >= 11 is 1.54. The predicted octanol–water partition coefficient (Wildman–Crippen LogP) is 2.60. The number of thiazole rings is 1. The van der Waals surface area contributed by atoms with E-state index in [1.165, 1.54) is 0 Å². The molecule has 0 spiro atoms. The van der Waals surface area contributed by atoms with Gasteiger partial charge < -0.3 is 9.73 Å². The van der Waals surface area contributed by atoms with Gasteiger partial charge in [0.25, 0.3) is 0 Å². The average Bonchev–Trinajstić information content (AvgIpc) is 3.18. The minimum Gasteiger partial charge on any atom is -0.463 e. The number of anilines is 1. The van der Waals surface area contributed by atoms with E-state index in [0.29, 0.717) is 18.0 Å². The van der Waals surface area contributed by atoms with Gasteiger partial charge in [-0.15, -0.1) is 11.3 Å². The Kier molecular flexibility index (Phi) is 2.46. The minimum atomic E-state index is -0.0369. The lowest BCUT2D eigenvalue weighted by molar-refractivity contribution is -0.116. The van der Waals surface area contributed by atoms with E-state index >= 15 is 0 Å². The summed E-state index contributed by atoms with van der Waals surface area (Å²) in [5, 5.41) is 9.94. The van der Waals surface area contributed by atoms with Crippen molar-refractivity contribution in [2.75, 3.05) is 5.32 Å². The summed E-state index contributed by atoms with van der Waals surface area (Å²) in [7, 11) is 0. The molecule has 100 valence electrons. The molecule has 3 aromatic heterocycles. The first-order valence-corrected chi connectivity index (χ1v) is 7.01. The topological polar surface area (TPSA) is 83.8 Å². The van der Waals surface area contributed by atoms with Crippen molar-refractivity contribution in [2.45, 2.75) is 12.3 Å². The summed E-state index contributed by atoms with van der Waals surface area (Å²) < 4.78 is 5.44. The van der Waals surface area contributed by atoms with Gasteiger partial charge in [0.15, 0.2) is 11.6 Å². The molecule has 7 heteroatoms. The Morgan fingerprint density at radius 2 is 2.40 bits per heavy atom. The van der Waals surface area contributed by atoms with E-state index in [0.717, 1.165) is 16.1 Å². The third-order valence-electron chi connectivity index (χ3n) is 3.36. The van der Waals surface area contributed by atoms with Crippen LogP contribution in [-0.2, 0) is 4.79 Å². The summed E-state index contributed by atoms with van der Waals surface area (Å²) in [6.07, 6.45) is 3.81. The molecular formula is C13H10N4O2S. The van der Waals surface area contributed by atoms with E-state index < -0.39 is 0 Å². The number of carbonyl (C=O) groups excluding carboxylic acids is 1. The summed E-state index contributed by atoms with van der Waals surface area (Å²) in [6, 6.07) is 3.69. The number of carbonyl (C=O) groups is 1. The lowest BCUT2D eigenvalue weighted by Crippen LogP contribution is -2.22. The minimum absolute atomic E-state index is 0.0339. The number of nitrogens with zero attached hydrogens (tertiary/aromatic N) is 2. The van der Waals surface area contributed by atoms with Crippen molar-refractivity contribution in [1.82, 2.24) is 15.2 Å². The van der Waals surface area contributed by atoms with Crippen LogP contribution in [-0.4, -0.2) is 21.1 Å². The second kappa shape index (κ2) is 4.31. The van der Waals surface area contributed by atoms with Crippen molar-refractivity contribution in [2.24, 2.45) is 0 Å². The summed E-state index contributed by atoms with van der Waals surface area (Å²) in [4.78, 5) is 17.0. The van der Waals surface area contributed by atoms with Gasteiger partial charge >= 0.3 is 0 Å². The smallest absolute Gasteiger partial charge is 0.226 e. The molecule has 0 radical (unpaired) electrons. The van der Waals surface area contributed by atoms with Crippen molar-refractivity contribution >= 4 is 23.1 Å². The molecule has 1 amide bonds. The van der Waals surface area contributed by atoms with Crippen molar-refractivity contribution in [3.63, 3.8) is 0 Å². The van der Waals surface area contributed by atoms with Gasteiger partial charge in [0, 0.05) is 29.0 Å². The highest BCUT2D eigenvalue weighted by Crippen LogP contribution is 2.42. The third-order valence-corrected chi connectivity index (χ3v) is 4.25. The van der Waals surface area contributed by atoms with Crippen LogP contribution in [0.3, 0.4) is 0 Å². The number of furan rings is 1. The molecule has 4 heterocycles. The number of amides is 1. The Hall–Kier alpha value is -2.41. The highest BCUT2D eigenvalue weighted by molar-refractivity contribution is 7.09. The third kappa shape index (κ3) is 1.67. The van der Waals surface area contributed by atoms with Crippen LogP contribution in [0.5, 0.6) is 0 Å². The van der Waals surface area contributed by atoms with E-state index in [2.05, 4.69) is 20.5 Å². The van der Waals surface area contributed by atoms with E-state index in [-0.39, 0.29) is 11.8 Å². The highest BCUT2D eigenvalue weighted by Gasteiger charge is 2.33. The first-order chi connectivity index (χ1) is 9.83. The normalized spacial score (nSPS) is 17.8. The number of nitrogens with one attached hydrogen (secondary N) is 2. The van der Waals surface area contributed by atoms with Gasteiger partial charge in [0.2, 0.25) is 5.91 Å².